The lowest BCUT2D eigenvalue weighted by Crippen LogP contribution is -2.46. The van der Waals surface area contributed by atoms with Gasteiger partial charge in [-0.05, 0) is 55.2 Å². The van der Waals surface area contributed by atoms with Crippen molar-refractivity contribution in [2.24, 2.45) is 0 Å². The summed E-state index contributed by atoms with van der Waals surface area (Å²) in [5.41, 5.74) is 0.0226. The minimum Gasteiger partial charge on any atom is -0.496 e. The van der Waals surface area contributed by atoms with Crippen LogP contribution < -0.4 is 26.6 Å². The molecule has 170 valence electrons. The van der Waals surface area contributed by atoms with Crippen molar-refractivity contribution in [3.8, 4) is 5.75 Å². The van der Waals surface area contributed by atoms with Gasteiger partial charge >= 0.3 is 0 Å². The predicted octanol–water partition coefficient (Wildman–Crippen LogP) is 2.60. The minimum absolute atomic E-state index is 0.179. The van der Waals surface area contributed by atoms with Gasteiger partial charge in [0.15, 0.2) is 0 Å². The zero-order valence-corrected chi connectivity index (χ0v) is 20.3. The van der Waals surface area contributed by atoms with E-state index in [2.05, 4.69) is 14.9 Å². The Labute approximate surface area is 199 Å². The second-order valence-electron chi connectivity index (χ2n) is 7.74. The smallest absolute Gasteiger partial charge is 0.272 e. The average molecular weight is 480 g/mol. The summed E-state index contributed by atoms with van der Waals surface area (Å²) in [6.45, 7) is 0.994. The Morgan fingerprint density at radius 3 is 2.42 bits per heavy atom. The summed E-state index contributed by atoms with van der Waals surface area (Å²) >= 11 is 3.37. The molecule has 0 radical (unpaired) electrons. The number of aromatic nitrogens is 2. The van der Waals surface area contributed by atoms with E-state index in [4.69, 9.17) is 4.74 Å². The highest BCUT2D eigenvalue weighted by atomic mass is 32.2. The van der Waals surface area contributed by atoms with Gasteiger partial charge in [0, 0.05) is 22.7 Å². The summed E-state index contributed by atoms with van der Waals surface area (Å²) in [7, 11) is 5.68. The fourth-order valence-corrected chi connectivity index (χ4v) is 5.68. The molecule has 33 heavy (non-hydrogen) atoms. The van der Waals surface area contributed by atoms with Crippen LogP contribution in [0, 0.1) is 0 Å². The summed E-state index contributed by atoms with van der Waals surface area (Å²) in [5, 5.41) is 2.36. The van der Waals surface area contributed by atoms with Crippen LogP contribution in [0.5, 0.6) is 5.75 Å². The number of benzene rings is 2. The van der Waals surface area contributed by atoms with Gasteiger partial charge in [-0.2, -0.15) is 0 Å². The van der Waals surface area contributed by atoms with Crippen LogP contribution in [0.2, 0.25) is 0 Å². The third-order valence-corrected chi connectivity index (χ3v) is 7.33. The van der Waals surface area contributed by atoms with E-state index in [1.165, 1.54) is 4.21 Å². The van der Waals surface area contributed by atoms with Crippen LogP contribution in [0.15, 0.2) is 62.3 Å². The highest BCUT2D eigenvalue weighted by molar-refractivity contribution is 8.01. The zero-order chi connectivity index (χ0) is 23.4. The first kappa shape index (κ1) is 23.1. The molecule has 0 amide bonds. The van der Waals surface area contributed by atoms with Gasteiger partial charge in [0.25, 0.3) is 11.1 Å². The third kappa shape index (κ3) is 5.47. The van der Waals surface area contributed by atoms with Crippen molar-refractivity contribution in [3.05, 3.63) is 90.4 Å². The highest BCUT2D eigenvalue weighted by Crippen LogP contribution is 2.28. The summed E-state index contributed by atoms with van der Waals surface area (Å²) in [6.07, 6.45) is 3.37. The lowest BCUT2D eigenvalue weighted by Gasteiger charge is -2.08. The first-order valence-electron chi connectivity index (χ1n) is 10.4. The molecule has 0 saturated heterocycles. The number of thiophene rings is 1. The Balaban J connectivity index is 1.72. The molecule has 4 rings (SSSR count). The average Bonchev–Trinajstić information content (AvgIpc) is 3.24. The van der Waals surface area contributed by atoms with Crippen molar-refractivity contribution in [1.82, 2.24) is 14.9 Å². The van der Waals surface area contributed by atoms with Crippen molar-refractivity contribution in [2.45, 2.75) is 4.21 Å². The lowest BCUT2D eigenvalue weighted by atomic mass is 10.0. The topological polar surface area (TPSA) is 78.2 Å². The molecule has 0 aliphatic carbocycles. The number of aromatic amines is 2. The van der Waals surface area contributed by atoms with E-state index < -0.39 is 0 Å². The van der Waals surface area contributed by atoms with E-state index in [1.807, 2.05) is 62.6 Å². The van der Waals surface area contributed by atoms with Crippen molar-refractivity contribution in [2.75, 3.05) is 33.5 Å². The number of methoxy groups -OCH3 is 1. The van der Waals surface area contributed by atoms with Crippen molar-refractivity contribution in [3.63, 3.8) is 0 Å². The molecule has 0 spiro atoms. The number of rotatable bonds is 7. The van der Waals surface area contributed by atoms with Crippen molar-refractivity contribution < 1.29 is 4.74 Å². The molecule has 2 aromatic heterocycles. The minimum atomic E-state index is -0.368. The highest BCUT2D eigenvalue weighted by Gasteiger charge is 2.07. The van der Waals surface area contributed by atoms with Crippen LogP contribution in [-0.2, 0) is 0 Å². The van der Waals surface area contributed by atoms with Crippen LogP contribution in [0.3, 0.4) is 0 Å². The molecule has 0 aliphatic rings. The molecule has 8 heteroatoms. The number of fused-ring (bicyclic) bond motifs is 1. The summed E-state index contributed by atoms with van der Waals surface area (Å²) < 4.78 is 6.67. The van der Waals surface area contributed by atoms with Crippen LogP contribution in [0.25, 0.3) is 22.9 Å². The normalized spacial score (nSPS) is 12.7. The molecule has 0 aliphatic heterocycles. The van der Waals surface area contributed by atoms with Crippen LogP contribution in [-0.4, -0.2) is 48.4 Å². The SMILES string of the molecule is COc1ccc2ccccc2c1/C=c1\[nH]c(=O)/c(=C/c2ccc(SCCN(C)C)s2)[nH]c1=O. The lowest BCUT2D eigenvalue weighted by molar-refractivity contribution is 0.414. The Morgan fingerprint density at radius 2 is 1.70 bits per heavy atom. The van der Waals surface area contributed by atoms with Gasteiger partial charge in [-0.25, -0.2) is 0 Å². The molecule has 4 aromatic rings. The number of ether oxygens (including phenoxy) is 1. The Kier molecular flexibility index (Phi) is 7.17. The van der Waals surface area contributed by atoms with Gasteiger partial charge in [-0.15, -0.1) is 23.1 Å². The van der Waals surface area contributed by atoms with Gasteiger partial charge in [0.2, 0.25) is 0 Å². The molecule has 6 nitrogen and oxygen atoms in total. The van der Waals surface area contributed by atoms with E-state index in [-0.39, 0.29) is 21.8 Å². The van der Waals surface area contributed by atoms with Crippen LogP contribution >= 0.6 is 23.1 Å². The van der Waals surface area contributed by atoms with Gasteiger partial charge in [-0.1, -0.05) is 30.3 Å². The second-order valence-corrected chi connectivity index (χ2v) is 10.2. The Morgan fingerprint density at radius 1 is 0.970 bits per heavy atom. The van der Waals surface area contributed by atoms with E-state index in [9.17, 15) is 9.59 Å². The molecule has 2 heterocycles. The molecule has 0 atom stereocenters. The van der Waals surface area contributed by atoms with Gasteiger partial charge in [0.05, 0.1) is 11.3 Å². The molecule has 0 bridgehead atoms. The number of nitrogens with zero attached hydrogens (tertiary/aromatic N) is 1. The molecule has 2 aromatic carbocycles. The van der Waals surface area contributed by atoms with Crippen LogP contribution in [0.4, 0.5) is 0 Å². The number of hydrogen-bond donors (Lipinski definition) is 2. The van der Waals surface area contributed by atoms with E-state index in [0.29, 0.717) is 5.75 Å². The zero-order valence-electron chi connectivity index (χ0n) is 18.7. The number of H-pyrrole nitrogens is 2. The van der Waals surface area contributed by atoms with E-state index in [1.54, 1.807) is 42.4 Å². The van der Waals surface area contributed by atoms with Gasteiger partial charge < -0.3 is 19.6 Å². The summed E-state index contributed by atoms with van der Waals surface area (Å²) in [5.74, 6) is 1.62. The maximum atomic E-state index is 12.8. The summed E-state index contributed by atoms with van der Waals surface area (Å²) in [6, 6.07) is 15.7. The predicted molar refractivity (Wildman–Crippen MR) is 138 cm³/mol. The molecule has 2 N–H and O–H groups in total. The van der Waals surface area contributed by atoms with E-state index in [0.717, 1.165) is 33.5 Å². The van der Waals surface area contributed by atoms with Crippen molar-refractivity contribution in [1.29, 1.82) is 0 Å². The Bertz CT molecular complexity index is 1520. The fourth-order valence-electron chi connectivity index (χ4n) is 3.40. The van der Waals surface area contributed by atoms with Crippen LogP contribution in [0.1, 0.15) is 10.4 Å². The maximum Gasteiger partial charge on any atom is 0.272 e. The Hall–Kier alpha value is -3.07. The third-order valence-electron chi connectivity index (χ3n) is 5.10. The standard InChI is InChI=1S/C25H25N3O3S2/c1-28(2)12-13-32-23-11-9-17(33-23)14-20-24(29)27-21(25(30)26-20)15-19-18-7-5-4-6-16(18)8-10-22(19)31-3/h4-11,14-15H,12-13H2,1-3H3,(H,26,30)(H,27,29)/b20-14-,21-15-. The van der Waals surface area contributed by atoms with Gasteiger partial charge in [-0.3, -0.25) is 9.59 Å². The largest absolute Gasteiger partial charge is 0.496 e. The van der Waals surface area contributed by atoms with Crippen molar-refractivity contribution >= 4 is 46.0 Å². The van der Waals surface area contributed by atoms with E-state index >= 15 is 0 Å². The number of hydrogen-bond acceptors (Lipinski definition) is 6. The fraction of sp³-hybridized carbons (Fsp3) is 0.200. The molecule has 0 unspecified atom stereocenters. The monoisotopic (exact) mass is 479 g/mol. The maximum absolute atomic E-state index is 12.8. The number of thioether (sulfide) groups is 1. The summed E-state index contributed by atoms with van der Waals surface area (Å²) in [4.78, 5) is 34.1. The molecule has 0 fully saturated rings. The second kappa shape index (κ2) is 10.2. The first-order chi connectivity index (χ1) is 15.9. The molecule has 0 saturated carbocycles. The first-order valence-corrected chi connectivity index (χ1v) is 12.2. The number of nitrogens with one attached hydrogen (secondary N) is 2. The quantitative estimate of drug-likeness (QED) is 0.399. The van der Waals surface area contributed by atoms with Gasteiger partial charge in [0.1, 0.15) is 16.4 Å². The molecular weight excluding hydrogens is 454 g/mol. The molecular formula is C25H25N3O3S2.